The molecule has 7 heteroatoms. The van der Waals surface area contributed by atoms with Crippen molar-refractivity contribution in [2.75, 3.05) is 12.0 Å². The molecule has 0 fully saturated rings. The molecule has 0 radical (unpaired) electrons. The normalized spacial score (nSPS) is 11.2. The maximum atomic E-state index is 13.3. The van der Waals surface area contributed by atoms with Crippen LogP contribution in [0.25, 0.3) is 11.1 Å². The summed E-state index contributed by atoms with van der Waals surface area (Å²) >= 11 is 1.56. The van der Waals surface area contributed by atoms with E-state index in [1.54, 1.807) is 11.8 Å². The molecule has 0 aliphatic rings. The van der Waals surface area contributed by atoms with E-state index >= 15 is 0 Å². The van der Waals surface area contributed by atoms with E-state index in [1.165, 1.54) is 0 Å². The minimum atomic E-state index is -1.03. The first-order valence-corrected chi connectivity index (χ1v) is 14.4. The molecular weight excluding hydrogens is 513 g/mol. The zero-order valence-corrected chi connectivity index (χ0v) is 24.0. The molecule has 0 bridgehead atoms. The molecule has 1 amide bonds. The Morgan fingerprint density at radius 3 is 2.30 bits per heavy atom. The average molecular weight is 547 g/mol. The summed E-state index contributed by atoms with van der Waals surface area (Å²) in [4.78, 5) is 25.1. The molecule has 0 spiro atoms. The van der Waals surface area contributed by atoms with Gasteiger partial charge in [0, 0.05) is 5.56 Å². The van der Waals surface area contributed by atoms with E-state index < -0.39 is 12.0 Å². The van der Waals surface area contributed by atoms with Crippen molar-refractivity contribution in [2.24, 2.45) is 0 Å². The van der Waals surface area contributed by atoms with Crippen molar-refractivity contribution < 1.29 is 38.3 Å². The topological polar surface area (TPSA) is 75.6 Å². The van der Waals surface area contributed by atoms with Crippen LogP contribution in [0.5, 0.6) is 11.5 Å². The van der Waals surface area contributed by atoms with E-state index in [9.17, 15) is 14.7 Å². The number of ether oxygens (including phenoxy) is 1. The van der Waals surface area contributed by atoms with Crippen LogP contribution in [0.4, 0.5) is 0 Å². The zero-order valence-electron chi connectivity index (χ0n) is 23.2. The number of thioether (sulfide) groups is 1. The number of carbonyl (C=O) groups excluding carboxylic acids is 1. The number of rotatable bonds is 12. The second-order valence-electron chi connectivity index (χ2n) is 9.36. The first-order chi connectivity index (χ1) is 19.0. The van der Waals surface area contributed by atoms with Crippen LogP contribution >= 0.6 is 11.8 Å². The van der Waals surface area contributed by atoms with Crippen molar-refractivity contribution in [1.29, 1.82) is 0 Å². The Hall–Kier alpha value is -3.43. The van der Waals surface area contributed by atoms with Gasteiger partial charge in [0.1, 0.15) is 17.5 Å². The fourth-order valence-corrected chi connectivity index (χ4v) is 4.95. The third kappa shape index (κ3) is 8.28. The van der Waals surface area contributed by atoms with Gasteiger partial charge in [0.15, 0.2) is 0 Å². The minimum Gasteiger partial charge on any atom is -0.480 e. The van der Waals surface area contributed by atoms with Crippen LogP contribution < -0.4 is 28.9 Å². The number of amides is 1. The van der Waals surface area contributed by atoms with E-state index in [-0.39, 0.29) is 24.8 Å². The Kier molecular flexibility index (Phi) is 12.0. The van der Waals surface area contributed by atoms with Gasteiger partial charge < -0.3 is 15.2 Å². The first kappa shape index (κ1) is 31.1. The molecule has 1 atom stereocenters. The number of aryl methyl sites for hydroxylation is 3. The second-order valence-corrected chi connectivity index (χ2v) is 10.3. The maximum Gasteiger partial charge on any atom is 1.00 e. The zero-order chi connectivity index (χ0) is 27.6. The number of hydrogen-bond acceptors (Lipinski definition) is 4. The largest absolute Gasteiger partial charge is 1.00 e. The Labute approximate surface area is 252 Å². The van der Waals surface area contributed by atoms with Gasteiger partial charge in [0.2, 0.25) is 0 Å². The Bertz CT molecular complexity index is 1430. The van der Waals surface area contributed by atoms with Crippen LogP contribution in [0.1, 0.15) is 33.5 Å². The molecule has 0 aliphatic heterocycles. The van der Waals surface area contributed by atoms with Crippen molar-refractivity contribution in [1.82, 2.24) is 5.32 Å². The number of carbonyl (C=O) groups is 2. The molecule has 2 N–H and O–H groups in total. The third-order valence-electron chi connectivity index (χ3n) is 6.60. The van der Waals surface area contributed by atoms with Gasteiger partial charge in [-0.3, -0.25) is 4.79 Å². The summed E-state index contributed by atoms with van der Waals surface area (Å²) in [5, 5.41) is 12.4. The molecule has 0 aliphatic carbocycles. The van der Waals surface area contributed by atoms with Crippen molar-refractivity contribution in [2.45, 2.75) is 32.2 Å². The van der Waals surface area contributed by atoms with E-state index in [4.69, 9.17) is 4.74 Å². The molecule has 4 aromatic carbocycles. The fraction of sp³-hybridized carbons (Fsp3) is 0.212. The van der Waals surface area contributed by atoms with Crippen LogP contribution in [0, 0.1) is 6.92 Å². The molecule has 0 saturated carbocycles. The Morgan fingerprint density at radius 1 is 0.875 bits per heavy atom. The average Bonchev–Trinajstić information content (AvgIpc) is 2.95. The number of benzene rings is 4. The predicted molar refractivity (Wildman–Crippen MR) is 159 cm³/mol. The first-order valence-electron chi connectivity index (χ1n) is 13.0. The van der Waals surface area contributed by atoms with Crippen molar-refractivity contribution >= 4 is 23.6 Å². The number of carboxylic acids is 1. The van der Waals surface area contributed by atoms with Gasteiger partial charge in [0.25, 0.3) is 5.91 Å². The van der Waals surface area contributed by atoms with E-state index in [0.29, 0.717) is 17.7 Å². The van der Waals surface area contributed by atoms with Crippen LogP contribution in [-0.4, -0.2) is 35.0 Å². The van der Waals surface area contributed by atoms with Crippen molar-refractivity contribution in [3.8, 4) is 22.6 Å². The van der Waals surface area contributed by atoms with Gasteiger partial charge in [-0.2, -0.15) is 11.8 Å². The molecule has 1 unspecified atom stereocenters. The van der Waals surface area contributed by atoms with Crippen LogP contribution in [0.3, 0.4) is 0 Å². The van der Waals surface area contributed by atoms with Crippen LogP contribution in [0.15, 0.2) is 97.1 Å². The number of carboxylic acid groups (broad SMARTS) is 1. The summed E-state index contributed by atoms with van der Waals surface area (Å²) in [5.74, 6) is 0.858. The van der Waals surface area contributed by atoms with E-state index in [2.05, 4.69) is 17.4 Å². The summed E-state index contributed by atoms with van der Waals surface area (Å²) in [7, 11) is 0. The van der Waals surface area contributed by atoms with Crippen molar-refractivity contribution in [3.63, 3.8) is 0 Å². The molecule has 0 heterocycles. The van der Waals surface area contributed by atoms with Gasteiger partial charge in [-0.15, -0.1) is 0 Å². The molecule has 200 valence electrons. The summed E-state index contributed by atoms with van der Waals surface area (Å²) in [6, 6.07) is 30.6. The minimum absolute atomic E-state index is 0. The van der Waals surface area contributed by atoms with E-state index in [1.807, 2.05) is 98.1 Å². The monoisotopic (exact) mass is 546 g/mol. The number of aliphatic carboxylic acids is 1. The van der Waals surface area contributed by atoms with Gasteiger partial charge in [-0.1, -0.05) is 72.8 Å². The molecule has 40 heavy (non-hydrogen) atoms. The SMILES string of the molecule is CSCCC(NC(=O)c1ccc(CCc2ccccc2Oc2ccccc2)cc1-c1ccccc1C)C(=O)O.[Li+]. The van der Waals surface area contributed by atoms with Crippen molar-refractivity contribution in [3.05, 3.63) is 119 Å². The van der Waals surface area contributed by atoms with Gasteiger partial charge in [0.05, 0.1) is 0 Å². The second kappa shape index (κ2) is 15.4. The molecule has 5 nitrogen and oxygen atoms in total. The number of hydrogen-bond donors (Lipinski definition) is 2. The maximum absolute atomic E-state index is 13.3. The predicted octanol–water partition coefficient (Wildman–Crippen LogP) is 4.18. The molecule has 4 aromatic rings. The summed E-state index contributed by atoms with van der Waals surface area (Å²) in [6.07, 6.45) is 3.80. The Morgan fingerprint density at radius 2 is 1.57 bits per heavy atom. The molecule has 0 aromatic heterocycles. The Balaban J connectivity index is 0.00000441. The number of para-hydroxylation sites is 2. The van der Waals surface area contributed by atoms with Gasteiger partial charge in [-0.05, 0) is 90.3 Å². The third-order valence-corrected chi connectivity index (χ3v) is 7.25. The van der Waals surface area contributed by atoms with Gasteiger partial charge in [-0.25, -0.2) is 4.79 Å². The smallest absolute Gasteiger partial charge is 0.480 e. The summed E-state index contributed by atoms with van der Waals surface area (Å²) in [6.45, 7) is 2.01. The fourth-order valence-electron chi connectivity index (χ4n) is 4.48. The summed E-state index contributed by atoms with van der Waals surface area (Å²) in [5.41, 5.74) is 5.44. The van der Waals surface area contributed by atoms with Gasteiger partial charge >= 0.3 is 24.8 Å². The molecular formula is C33H33LiNO4S+. The quantitative estimate of drug-likeness (QED) is 0.261. The van der Waals surface area contributed by atoms with Crippen LogP contribution in [-0.2, 0) is 17.6 Å². The van der Waals surface area contributed by atoms with Crippen LogP contribution in [0.2, 0.25) is 0 Å². The standard InChI is InChI=1S/C33H33NO4S.Li/c1-23-10-6-8-14-27(23)29-22-24(17-19-28(29)32(35)34-30(33(36)37)20-21-39-2)16-18-25-11-7-9-15-31(25)38-26-12-4-3-5-13-26;/h3-15,17,19,22,30H,16,18,20-21H2,1-2H3,(H,34,35)(H,36,37);/q;+1. The van der Waals surface area contributed by atoms with E-state index in [0.717, 1.165) is 52.2 Å². The molecule has 0 saturated heterocycles. The summed E-state index contributed by atoms with van der Waals surface area (Å²) < 4.78 is 6.14. The molecule has 4 rings (SSSR count). The number of nitrogens with one attached hydrogen (secondary N) is 1.